The van der Waals surface area contributed by atoms with Gasteiger partial charge in [-0.3, -0.25) is 14.5 Å². The van der Waals surface area contributed by atoms with Crippen molar-refractivity contribution in [2.24, 2.45) is 34.7 Å². The summed E-state index contributed by atoms with van der Waals surface area (Å²) in [6.07, 6.45) is 0.681. The monoisotopic (exact) mass is 422 g/mol. The number of nitrogens with zero attached hydrogens (tertiary/aromatic N) is 2. The molecule has 2 heterocycles. The Labute approximate surface area is 178 Å². The number of methoxy groups -OCH3 is 1. The molecule has 1 saturated heterocycles. The summed E-state index contributed by atoms with van der Waals surface area (Å²) in [7, 11) is 1.59. The molecule has 2 bridgehead atoms. The van der Waals surface area contributed by atoms with Gasteiger partial charge in [0.25, 0.3) is 0 Å². The fraction of sp³-hybridized carbons (Fsp3) is 0.348. The van der Waals surface area contributed by atoms with Crippen molar-refractivity contribution in [3.63, 3.8) is 0 Å². The standard InChI is InChI=1S/C23H19ClN2O4/c1-29-14-8-6-13(7-9-14)26-22(27)17-15-10-16(18(17)23(26)28)21-19(15)20(25-30-21)11-2-4-12(24)5-3-11/h2-9,15-19,21H,10H2,1H3/t15-,16+,17-,18+,19+,21-/m1/s1. The number of rotatable bonds is 3. The van der Waals surface area contributed by atoms with Gasteiger partial charge in [-0.25, -0.2) is 0 Å². The lowest BCUT2D eigenvalue weighted by Gasteiger charge is -2.29. The zero-order chi connectivity index (χ0) is 20.6. The molecule has 2 aromatic carbocycles. The van der Waals surface area contributed by atoms with Crippen molar-refractivity contribution >= 4 is 34.8 Å². The predicted molar refractivity (Wildman–Crippen MR) is 110 cm³/mol. The first-order chi connectivity index (χ1) is 14.6. The van der Waals surface area contributed by atoms with Gasteiger partial charge < -0.3 is 9.57 Å². The van der Waals surface area contributed by atoms with Gasteiger partial charge in [0.15, 0.2) is 0 Å². The molecule has 4 aliphatic rings. The van der Waals surface area contributed by atoms with E-state index in [9.17, 15) is 9.59 Å². The zero-order valence-corrected chi connectivity index (χ0v) is 17.0. The van der Waals surface area contributed by atoms with Crippen LogP contribution in [-0.4, -0.2) is 30.7 Å². The Bertz CT molecular complexity index is 1080. The molecule has 2 saturated carbocycles. The molecule has 2 aromatic rings. The Hall–Kier alpha value is -2.86. The van der Waals surface area contributed by atoms with Crippen LogP contribution in [0.25, 0.3) is 0 Å². The molecule has 7 heteroatoms. The van der Waals surface area contributed by atoms with E-state index in [-0.39, 0.29) is 47.5 Å². The molecule has 0 N–H and O–H groups in total. The summed E-state index contributed by atoms with van der Waals surface area (Å²) in [5.74, 6) is -0.0847. The Morgan fingerprint density at radius 1 is 0.967 bits per heavy atom. The van der Waals surface area contributed by atoms with Gasteiger partial charge >= 0.3 is 0 Å². The highest BCUT2D eigenvalue weighted by Crippen LogP contribution is 2.62. The highest BCUT2D eigenvalue weighted by molar-refractivity contribution is 6.30. The zero-order valence-electron chi connectivity index (χ0n) is 16.2. The van der Waals surface area contributed by atoms with Gasteiger partial charge in [0, 0.05) is 16.9 Å². The fourth-order valence-corrected chi connectivity index (χ4v) is 6.10. The van der Waals surface area contributed by atoms with E-state index in [1.807, 2.05) is 24.3 Å². The van der Waals surface area contributed by atoms with Gasteiger partial charge in [-0.1, -0.05) is 28.9 Å². The molecule has 0 unspecified atom stereocenters. The van der Waals surface area contributed by atoms with Gasteiger partial charge in [0.05, 0.1) is 30.3 Å². The van der Waals surface area contributed by atoms with E-state index in [0.29, 0.717) is 16.5 Å². The first-order valence-corrected chi connectivity index (χ1v) is 10.5. The summed E-state index contributed by atoms with van der Waals surface area (Å²) in [5, 5.41) is 5.02. The van der Waals surface area contributed by atoms with Crippen molar-refractivity contribution in [3.8, 4) is 5.75 Å². The summed E-state index contributed by atoms with van der Waals surface area (Å²) in [6, 6.07) is 14.6. The van der Waals surface area contributed by atoms with Crippen LogP contribution in [0.3, 0.4) is 0 Å². The van der Waals surface area contributed by atoms with Crippen LogP contribution >= 0.6 is 11.6 Å². The predicted octanol–water partition coefficient (Wildman–Crippen LogP) is 3.52. The molecule has 0 spiro atoms. The number of ether oxygens (including phenoxy) is 1. The third-order valence-electron chi connectivity index (χ3n) is 7.16. The molecule has 2 amide bonds. The summed E-state index contributed by atoms with van der Waals surface area (Å²) in [6.45, 7) is 0. The van der Waals surface area contributed by atoms with Crippen molar-refractivity contribution in [1.29, 1.82) is 0 Å². The molecule has 6 nitrogen and oxygen atoms in total. The first-order valence-electron chi connectivity index (χ1n) is 10.1. The summed E-state index contributed by atoms with van der Waals surface area (Å²) in [4.78, 5) is 33.9. The maximum atomic E-state index is 13.4. The lowest BCUT2D eigenvalue weighted by Crippen LogP contribution is -2.41. The van der Waals surface area contributed by atoms with Gasteiger partial charge in [-0.15, -0.1) is 0 Å². The number of carbonyl (C=O) groups excluding carboxylic acids is 2. The molecule has 0 radical (unpaired) electrons. The van der Waals surface area contributed by atoms with Gasteiger partial charge in [0.1, 0.15) is 11.9 Å². The summed E-state index contributed by atoms with van der Waals surface area (Å²) in [5.41, 5.74) is 2.42. The van der Waals surface area contributed by atoms with E-state index < -0.39 is 0 Å². The van der Waals surface area contributed by atoms with E-state index in [4.69, 9.17) is 21.2 Å². The van der Waals surface area contributed by atoms with Crippen LogP contribution in [0.5, 0.6) is 5.75 Å². The molecule has 2 aliphatic heterocycles. The van der Waals surface area contributed by atoms with Gasteiger partial charge in [0.2, 0.25) is 11.8 Å². The first kappa shape index (κ1) is 18.0. The highest BCUT2D eigenvalue weighted by atomic mass is 35.5. The van der Waals surface area contributed by atoms with Crippen molar-refractivity contribution < 1.29 is 19.2 Å². The average molecular weight is 423 g/mol. The third kappa shape index (κ3) is 2.28. The van der Waals surface area contributed by atoms with Crippen molar-refractivity contribution in [2.75, 3.05) is 12.0 Å². The second-order valence-corrected chi connectivity index (χ2v) is 8.84. The maximum Gasteiger partial charge on any atom is 0.238 e. The molecule has 6 rings (SSSR count). The SMILES string of the molecule is COc1ccc(N2C(=O)[C@@H]3[C@H]4C[C@H]([C@H]5ON=C(c6ccc(Cl)cc6)[C@H]45)[C@@H]3C2=O)cc1. The van der Waals surface area contributed by atoms with Gasteiger partial charge in [-0.2, -0.15) is 0 Å². The van der Waals surface area contributed by atoms with E-state index in [2.05, 4.69) is 5.16 Å². The summed E-state index contributed by atoms with van der Waals surface area (Å²) >= 11 is 6.03. The van der Waals surface area contributed by atoms with E-state index in [1.54, 1.807) is 31.4 Å². The minimum absolute atomic E-state index is 0.0123. The Balaban J connectivity index is 1.33. The molecular weight excluding hydrogens is 404 g/mol. The average Bonchev–Trinajstić information content (AvgIpc) is 3.49. The number of anilines is 1. The van der Waals surface area contributed by atoms with Gasteiger partial charge in [-0.05, 0) is 54.3 Å². The highest BCUT2D eigenvalue weighted by Gasteiger charge is 2.70. The molecule has 6 atom stereocenters. The molecule has 0 aromatic heterocycles. The third-order valence-corrected chi connectivity index (χ3v) is 7.41. The van der Waals surface area contributed by atoms with Crippen LogP contribution in [0.15, 0.2) is 53.7 Å². The Morgan fingerprint density at radius 2 is 1.63 bits per heavy atom. The van der Waals surface area contributed by atoms with E-state index in [1.165, 1.54) is 4.90 Å². The van der Waals surface area contributed by atoms with Crippen LogP contribution in [0.1, 0.15) is 12.0 Å². The van der Waals surface area contributed by atoms with Crippen LogP contribution in [0.2, 0.25) is 5.02 Å². The Morgan fingerprint density at radius 3 is 2.30 bits per heavy atom. The Kier molecular flexibility index (Phi) is 3.78. The van der Waals surface area contributed by atoms with Crippen LogP contribution in [0, 0.1) is 29.6 Å². The maximum absolute atomic E-state index is 13.4. The smallest absolute Gasteiger partial charge is 0.238 e. The minimum atomic E-state index is -0.328. The van der Waals surface area contributed by atoms with Crippen molar-refractivity contribution in [1.82, 2.24) is 0 Å². The molecule has 152 valence electrons. The van der Waals surface area contributed by atoms with Crippen molar-refractivity contribution in [3.05, 3.63) is 59.1 Å². The van der Waals surface area contributed by atoms with Crippen LogP contribution in [0.4, 0.5) is 5.69 Å². The fourth-order valence-electron chi connectivity index (χ4n) is 5.97. The number of imide groups is 1. The largest absolute Gasteiger partial charge is 0.497 e. The number of halogens is 1. The minimum Gasteiger partial charge on any atom is -0.497 e. The number of fused-ring (bicyclic) bond motifs is 8. The lowest BCUT2D eigenvalue weighted by molar-refractivity contribution is -0.125. The molecule has 3 fully saturated rings. The molecule has 2 aliphatic carbocycles. The normalized spacial score (nSPS) is 33.4. The number of hydrogen-bond donors (Lipinski definition) is 0. The lowest BCUT2D eigenvalue weighted by atomic mass is 9.71. The topological polar surface area (TPSA) is 68.2 Å². The van der Waals surface area contributed by atoms with Crippen LogP contribution < -0.4 is 9.64 Å². The second kappa shape index (κ2) is 6.32. The van der Waals surface area contributed by atoms with Crippen LogP contribution in [-0.2, 0) is 14.4 Å². The summed E-state index contributed by atoms with van der Waals surface area (Å²) < 4.78 is 5.19. The number of benzene rings is 2. The number of carbonyl (C=O) groups is 2. The van der Waals surface area contributed by atoms with E-state index in [0.717, 1.165) is 17.7 Å². The molecular formula is C23H19ClN2O4. The molecule has 30 heavy (non-hydrogen) atoms. The van der Waals surface area contributed by atoms with E-state index >= 15 is 0 Å². The second-order valence-electron chi connectivity index (χ2n) is 8.40. The van der Waals surface area contributed by atoms with Crippen molar-refractivity contribution in [2.45, 2.75) is 12.5 Å². The number of oxime groups is 1. The number of amides is 2. The quantitative estimate of drug-likeness (QED) is 0.710. The number of hydrogen-bond acceptors (Lipinski definition) is 5.